The lowest BCUT2D eigenvalue weighted by atomic mass is 9.87. The molecule has 1 aromatic carbocycles. The molecule has 1 aliphatic carbocycles. The number of hydrogen-bond acceptors (Lipinski definition) is 5. The van der Waals surface area contributed by atoms with Gasteiger partial charge in [-0.2, -0.15) is 0 Å². The lowest BCUT2D eigenvalue weighted by Crippen LogP contribution is -2.18. The van der Waals surface area contributed by atoms with Crippen molar-refractivity contribution in [3.63, 3.8) is 0 Å². The molecular weight excluding hydrogens is 310 g/mol. The van der Waals surface area contributed by atoms with Crippen molar-refractivity contribution in [1.82, 2.24) is 4.57 Å². The zero-order valence-electron chi connectivity index (χ0n) is 13.2. The Hall–Kier alpha value is -3.15. The maximum absolute atomic E-state index is 12.7. The second-order valence-corrected chi connectivity index (χ2v) is 5.47. The first-order valence-electron chi connectivity index (χ1n) is 7.28. The summed E-state index contributed by atoms with van der Waals surface area (Å²) in [6.07, 6.45) is 1.33. The summed E-state index contributed by atoms with van der Waals surface area (Å²) in [7, 11) is 3.00. The minimum Gasteiger partial charge on any atom is -0.507 e. The molecule has 0 bridgehead atoms. The van der Waals surface area contributed by atoms with Crippen LogP contribution in [-0.2, 0) is 23.0 Å². The number of rotatable bonds is 3. The van der Waals surface area contributed by atoms with Crippen LogP contribution in [0.15, 0.2) is 36.4 Å². The summed E-state index contributed by atoms with van der Waals surface area (Å²) in [6, 6.07) is 7.78. The summed E-state index contributed by atoms with van der Waals surface area (Å²) in [5.74, 6) is -1.38. The summed E-state index contributed by atoms with van der Waals surface area (Å²) < 4.78 is 6.31. The van der Waals surface area contributed by atoms with Gasteiger partial charge in [0.2, 0.25) is 0 Å². The SMILES string of the molecule is COC(=O)Cc1ccc(C2=CC(=O)c3cccc(O)c3C2=O)n1C. The molecule has 0 radical (unpaired) electrons. The van der Waals surface area contributed by atoms with Gasteiger partial charge in [-0.25, -0.2) is 0 Å². The van der Waals surface area contributed by atoms with Crippen molar-refractivity contribution in [2.24, 2.45) is 7.05 Å². The molecule has 2 aromatic rings. The highest BCUT2D eigenvalue weighted by Gasteiger charge is 2.30. The van der Waals surface area contributed by atoms with E-state index in [0.717, 1.165) is 0 Å². The van der Waals surface area contributed by atoms with Crippen LogP contribution in [-0.4, -0.2) is 34.3 Å². The molecule has 6 nitrogen and oxygen atoms in total. The number of aromatic nitrogens is 1. The molecule has 0 aliphatic heterocycles. The molecule has 0 atom stereocenters. The fraction of sp³-hybridized carbons (Fsp3) is 0.167. The van der Waals surface area contributed by atoms with Crippen molar-refractivity contribution in [3.8, 4) is 5.75 Å². The number of fused-ring (bicyclic) bond motifs is 1. The Morgan fingerprint density at radius 1 is 1.21 bits per heavy atom. The maximum Gasteiger partial charge on any atom is 0.311 e. The van der Waals surface area contributed by atoms with E-state index < -0.39 is 11.8 Å². The average Bonchev–Trinajstić information content (AvgIpc) is 2.91. The first-order chi connectivity index (χ1) is 11.4. The van der Waals surface area contributed by atoms with Gasteiger partial charge in [0.05, 0.1) is 30.4 Å². The summed E-state index contributed by atoms with van der Waals surface area (Å²) in [6.45, 7) is 0. The molecule has 0 unspecified atom stereocenters. The number of nitrogens with zero attached hydrogens (tertiary/aromatic N) is 1. The summed E-state index contributed by atoms with van der Waals surface area (Å²) in [4.78, 5) is 36.5. The van der Waals surface area contributed by atoms with Gasteiger partial charge in [-0.05, 0) is 24.3 Å². The monoisotopic (exact) mass is 325 g/mol. The highest BCUT2D eigenvalue weighted by atomic mass is 16.5. The fourth-order valence-electron chi connectivity index (χ4n) is 2.80. The first-order valence-corrected chi connectivity index (χ1v) is 7.28. The maximum atomic E-state index is 12.7. The smallest absolute Gasteiger partial charge is 0.311 e. The number of carbonyl (C=O) groups excluding carboxylic acids is 3. The second-order valence-electron chi connectivity index (χ2n) is 5.47. The number of ether oxygens (including phenoxy) is 1. The van der Waals surface area contributed by atoms with Crippen molar-refractivity contribution in [2.45, 2.75) is 6.42 Å². The number of methoxy groups -OCH3 is 1. The molecule has 24 heavy (non-hydrogen) atoms. The van der Waals surface area contributed by atoms with Gasteiger partial charge in [0.1, 0.15) is 5.75 Å². The molecule has 1 aromatic heterocycles. The van der Waals surface area contributed by atoms with Crippen LogP contribution in [0.4, 0.5) is 0 Å². The van der Waals surface area contributed by atoms with Gasteiger partial charge in [0.25, 0.3) is 0 Å². The molecule has 1 heterocycles. The summed E-state index contributed by atoms with van der Waals surface area (Å²) >= 11 is 0. The molecule has 1 aliphatic rings. The molecule has 0 fully saturated rings. The lowest BCUT2D eigenvalue weighted by Gasteiger charge is -2.17. The molecule has 122 valence electrons. The van der Waals surface area contributed by atoms with E-state index in [9.17, 15) is 19.5 Å². The number of phenols is 1. The van der Waals surface area contributed by atoms with Crippen LogP contribution in [0.2, 0.25) is 0 Å². The van der Waals surface area contributed by atoms with Crippen LogP contribution in [0.5, 0.6) is 5.75 Å². The molecule has 6 heteroatoms. The quantitative estimate of drug-likeness (QED) is 0.871. The topological polar surface area (TPSA) is 85.6 Å². The number of Topliss-reactive ketones (excluding diaryl/α,β-unsaturated/α-hetero) is 1. The van der Waals surface area contributed by atoms with Gasteiger partial charge in [-0.15, -0.1) is 0 Å². The van der Waals surface area contributed by atoms with Crippen molar-refractivity contribution in [3.05, 3.63) is 58.9 Å². The zero-order chi connectivity index (χ0) is 17.4. The van der Waals surface area contributed by atoms with Gasteiger partial charge in [-0.3, -0.25) is 14.4 Å². The van der Waals surface area contributed by atoms with Crippen LogP contribution in [0.25, 0.3) is 5.57 Å². The number of phenolic OH excluding ortho intramolecular Hbond substituents is 1. The van der Waals surface area contributed by atoms with Gasteiger partial charge < -0.3 is 14.4 Å². The third-order valence-electron chi connectivity index (χ3n) is 4.11. The van der Waals surface area contributed by atoms with E-state index in [-0.39, 0.29) is 34.7 Å². The largest absolute Gasteiger partial charge is 0.507 e. The van der Waals surface area contributed by atoms with E-state index >= 15 is 0 Å². The molecule has 0 amide bonds. The Labute approximate surface area is 138 Å². The van der Waals surface area contributed by atoms with Crippen molar-refractivity contribution < 1.29 is 24.2 Å². The number of benzene rings is 1. The van der Waals surface area contributed by atoms with E-state index in [2.05, 4.69) is 4.74 Å². The third-order valence-corrected chi connectivity index (χ3v) is 4.11. The Kier molecular flexibility index (Phi) is 3.81. The molecule has 0 saturated carbocycles. The fourth-order valence-corrected chi connectivity index (χ4v) is 2.80. The minimum absolute atomic E-state index is 0.00992. The molecule has 0 spiro atoms. The number of ketones is 2. The molecule has 0 saturated heterocycles. The Morgan fingerprint density at radius 3 is 2.67 bits per heavy atom. The summed E-state index contributed by atoms with van der Waals surface area (Å²) in [5, 5.41) is 9.97. The van der Waals surface area contributed by atoms with Crippen LogP contribution >= 0.6 is 0 Å². The van der Waals surface area contributed by atoms with Crippen molar-refractivity contribution in [2.75, 3.05) is 7.11 Å². The minimum atomic E-state index is -0.423. The number of esters is 1. The van der Waals surface area contributed by atoms with Crippen LogP contribution < -0.4 is 0 Å². The average molecular weight is 325 g/mol. The molecule has 1 N–H and O–H groups in total. The highest BCUT2D eigenvalue weighted by Crippen LogP contribution is 2.33. The molecule has 3 rings (SSSR count). The van der Waals surface area contributed by atoms with E-state index in [4.69, 9.17) is 0 Å². The third kappa shape index (κ3) is 2.42. The summed E-state index contributed by atoms with van der Waals surface area (Å²) in [5.41, 5.74) is 1.54. The predicted molar refractivity (Wildman–Crippen MR) is 85.9 cm³/mol. The lowest BCUT2D eigenvalue weighted by molar-refractivity contribution is -0.139. The Bertz CT molecular complexity index is 904. The normalized spacial score (nSPS) is 13.5. The highest BCUT2D eigenvalue weighted by molar-refractivity contribution is 6.39. The first kappa shape index (κ1) is 15.7. The van der Waals surface area contributed by atoms with Gasteiger partial charge in [-0.1, -0.05) is 12.1 Å². The Morgan fingerprint density at radius 2 is 1.96 bits per heavy atom. The van der Waals surface area contributed by atoms with E-state index in [1.54, 1.807) is 23.7 Å². The van der Waals surface area contributed by atoms with Crippen LogP contribution in [0.1, 0.15) is 32.1 Å². The van der Waals surface area contributed by atoms with Gasteiger partial charge >= 0.3 is 5.97 Å². The second kappa shape index (κ2) is 5.81. The van der Waals surface area contributed by atoms with Crippen molar-refractivity contribution >= 4 is 23.1 Å². The standard InChI is InChI=1S/C18H15NO5/c1-19-10(8-16(22)24-2)6-7-13(19)12-9-15(21)11-4-3-5-14(20)17(11)18(12)23/h3-7,9,20H,8H2,1-2H3. The van der Waals surface area contributed by atoms with Gasteiger partial charge in [0.15, 0.2) is 11.6 Å². The zero-order valence-corrected chi connectivity index (χ0v) is 13.2. The van der Waals surface area contributed by atoms with E-state index in [1.807, 2.05) is 0 Å². The number of aromatic hydroxyl groups is 1. The number of allylic oxidation sites excluding steroid dienone is 2. The van der Waals surface area contributed by atoms with Crippen LogP contribution in [0, 0.1) is 0 Å². The molecular formula is C18H15NO5. The number of carbonyl (C=O) groups is 3. The van der Waals surface area contributed by atoms with Gasteiger partial charge in [0, 0.05) is 18.3 Å². The van der Waals surface area contributed by atoms with E-state index in [1.165, 1.54) is 31.4 Å². The van der Waals surface area contributed by atoms with Crippen LogP contribution in [0.3, 0.4) is 0 Å². The van der Waals surface area contributed by atoms with Crippen molar-refractivity contribution in [1.29, 1.82) is 0 Å². The predicted octanol–water partition coefficient (Wildman–Crippen LogP) is 1.91. The number of hydrogen-bond donors (Lipinski definition) is 1. The Balaban J connectivity index is 2.06. The van der Waals surface area contributed by atoms with E-state index in [0.29, 0.717) is 11.4 Å².